The maximum atomic E-state index is 9.76. The molecular weight excluding hydrogens is 272 g/mol. The lowest BCUT2D eigenvalue weighted by Gasteiger charge is -2.25. The van der Waals surface area contributed by atoms with Crippen molar-refractivity contribution in [3.8, 4) is 0 Å². The van der Waals surface area contributed by atoms with Crippen molar-refractivity contribution < 1.29 is 5.11 Å². The van der Waals surface area contributed by atoms with Gasteiger partial charge < -0.3 is 9.67 Å². The number of aliphatic hydroxyl groups is 1. The van der Waals surface area contributed by atoms with E-state index in [-0.39, 0.29) is 18.7 Å². The van der Waals surface area contributed by atoms with Gasteiger partial charge in [0.05, 0.1) is 18.7 Å². The van der Waals surface area contributed by atoms with Crippen LogP contribution in [0.3, 0.4) is 0 Å². The van der Waals surface area contributed by atoms with Crippen molar-refractivity contribution in [2.24, 2.45) is 0 Å². The van der Waals surface area contributed by atoms with Gasteiger partial charge in [0.15, 0.2) is 0 Å². The van der Waals surface area contributed by atoms with Crippen LogP contribution in [0.2, 0.25) is 0 Å². The molecule has 0 bridgehead atoms. The highest BCUT2D eigenvalue weighted by molar-refractivity contribution is 5.30. The summed E-state index contributed by atoms with van der Waals surface area (Å²) in [5, 5.41) is 13.3. The molecule has 0 aliphatic rings. The Morgan fingerprint density at radius 1 is 1.18 bits per heavy atom. The van der Waals surface area contributed by atoms with E-state index in [0.717, 1.165) is 17.7 Å². The molecule has 0 fully saturated rings. The summed E-state index contributed by atoms with van der Waals surface area (Å²) < 4.78 is 2.10. The molecule has 2 rings (SSSR count). The van der Waals surface area contributed by atoms with Gasteiger partial charge >= 0.3 is 0 Å². The molecule has 2 N–H and O–H groups in total. The Balaban J connectivity index is 2.24. The number of allylic oxidation sites excluding steroid dienone is 1. The largest absolute Gasteiger partial charge is 0.394 e. The Kier molecular flexibility index (Phi) is 6.19. The van der Waals surface area contributed by atoms with Crippen molar-refractivity contribution in [2.75, 3.05) is 6.61 Å². The molecule has 0 saturated carbocycles. The van der Waals surface area contributed by atoms with Gasteiger partial charge in [-0.05, 0) is 31.0 Å². The fourth-order valence-electron chi connectivity index (χ4n) is 2.62. The van der Waals surface area contributed by atoms with E-state index in [1.807, 2.05) is 67.9 Å². The molecule has 22 heavy (non-hydrogen) atoms. The molecule has 1 aromatic carbocycles. The maximum Gasteiger partial charge on any atom is 0.0626 e. The van der Waals surface area contributed by atoms with E-state index >= 15 is 0 Å². The lowest BCUT2D eigenvalue weighted by atomic mass is 10.0. The first kappa shape index (κ1) is 16.3. The van der Waals surface area contributed by atoms with Crippen molar-refractivity contribution >= 4 is 6.20 Å². The Morgan fingerprint density at radius 2 is 1.95 bits per heavy atom. The van der Waals surface area contributed by atoms with Crippen LogP contribution in [-0.4, -0.2) is 16.3 Å². The van der Waals surface area contributed by atoms with Crippen LogP contribution in [0.1, 0.15) is 36.7 Å². The topological polar surface area (TPSA) is 37.2 Å². The zero-order valence-electron chi connectivity index (χ0n) is 13.0. The summed E-state index contributed by atoms with van der Waals surface area (Å²) in [6.07, 6.45) is 8.78. The van der Waals surface area contributed by atoms with Crippen LogP contribution in [0.4, 0.5) is 0 Å². The normalized spacial score (nSPS) is 14.1. The number of nitrogens with one attached hydrogen (secondary N) is 1. The second kappa shape index (κ2) is 8.37. The number of hydrogen-bond donors (Lipinski definition) is 2. The molecule has 2 atom stereocenters. The van der Waals surface area contributed by atoms with Crippen molar-refractivity contribution in [1.82, 2.24) is 9.88 Å². The van der Waals surface area contributed by atoms with Gasteiger partial charge in [-0.2, -0.15) is 0 Å². The Labute approximate surface area is 132 Å². The maximum absolute atomic E-state index is 9.76. The summed E-state index contributed by atoms with van der Waals surface area (Å²) in [6, 6.07) is 14.2. The lowest BCUT2D eigenvalue weighted by Crippen LogP contribution is -2.29. The van der Waals surface area contributed by atoms with Crippen molar-refractivity contribution in [3.63, 3.8) is 0 Å². The minimum Gasteiger partial charge on any atom is -0.394 e. The quantitative estimate of drug-likeness (QED) is 0.725. The monoisotopic (exact) mass is 296 g/mol. The third-order valence-electron chi connectivity index (χ3n) is 3.67. The highest BCUT2D eigenvalue weighted by Gasteiger charge is 2.18. The van der Waals surface area contributed by atoms with E-state index in [2.05, 4.69) is 22.5 Å². The van der Waals surface area contributed by atoms with Gasteiger partial charge in [0.1, 0.15) is 0 Å². The predicted molar refractivity (Wildman–Crippen MR) is 92.4 cm³/mol. The number of aromatic nitrogens is 1. The fraction of sp³-hybridized carbons (Fsp3) is 0.263. The van der Waals surface area contributed by atoms with Crippen LogP contribution in [0, 0.1) is 0 Å². The average molecular weight is 296 g/mol. The van der Waals surface area contributed by atoms with Gasteiger partial charge in [0.2, 0.25) is 0 Å². The first-order valence-electron chi connectivity index (χ1n) is 7.62. The SMILES string of the molecule is C=CC[C@H](N[C@H](CO)c1ccccc1)c1cccn1/C=C\C. The van der Waals surface area contributed by atoms with Crippen molar-refractivity contribution in [3.05, 3.63) is 78.6 Å². The Hall–Kier alpha value is -2.10. The van der Waals surface area contributed by atoms with Crippen LogP contribution in [0.15, 0.2) is 67.4 Å². The molecule has 0 unspecified atom stereocenters. The van der Waals surface area contributed by atoms with E-state index in [4.69, 9.17) is 0 Å². The average Bonchev–Trinajstić information content (AvgIpc) is 3.01. The summed E-state index contributed by atoms with van der Waals surface area (Å²) in [4.78, 5) is 0. The molecule has 0 radical (unpaired) electrons. The van der Waals surface area contributed by atoms with E-state index < -0.39 is 0 Å². The summed E-state index contributed by atoms with van der Waals surface area (Å²) in [5.41, 5.74) is 2.25. The first-order chi connectivity index (χ1) is 10.8. The summed E-state index contributed by atoms with van der Waals surface area (Å²) in [5.74, 6) is 0. The number of hydrogen-bond acceptors (Lipinski definition) is 2. The second-order valence-electron chi connectivity index (χ2n) is 5.21. The van der Waals surface area contributed by atoms with Crippen LogP contribution in [0.25, 0.3) is 6.20 Å². The Bertz CT molecular complexity index is 601. The molecule has 2 aromatic rings. The minimum absolute atomic E-state index is 0.0575. The highest BCUT2D eigenvalue weighted by atomic mass is 16.3. The molecule has 3 nitrogen and oxygen atoms in total. The molecular formula is C19H24N2O. The van der Waals surface area contributed by atoms with Crippen LogP contribution in [0.5, 0.6) is 0 Å². The van der Waals surface area contributed by atoms with E-state index in [1.54, 1.807) is 0 Å². The molecule has 1 heterocycles. The molecule has 0 saturated heterocycles. The zero-order chi connectivity index (χ0) is 15.8. The smallest absolute Gasteiger partial charge is 0.0626 e. The highest BCUT2D eigenvalue weighted by Crippen LogP contribution is 2.23. The van der Waals surface area contributed by atoms with Gasteiger partial charge in [-0.25, -0.2) is 0 Å². The van der Waals surface area contributed by atoms with Gasteiger partial charge in [-0.15, -0.1) is 6.58 Å². The van der Waals surface area contributed by atoms with Gasteiger partial charge in [-0.1, -0.05) is 42.5 Å². The van der Waals surface area contributed by atoms with Crippen LogP contribution >= 0.6 is 0 Å². The minimum atomic E-state index is -0.0971. The number of benzene rings is 1. The Morgan fingerprint density at radius 3 is 2.59 bits per heavy atom. The van der Waals surface area contributed by atoms with Gasteiger partial charge in [-0.3, -0.25) is 5.32 Å². The van der Waals surface area contributed by atoms with Crippen molar-refractivity contribution in [1.29, 1.82) is 0 Å². The summed E-state index contributed by atoms with van der Waals surface area (Å²) in [6.45, 7) is 5.92. The zero-order valence-corrected chi connectivity index (χ0v) is 13.0. The molecule has 0 aliphatic heterocycles. The van der Waals surface area contributed by atoms with Crippen molar-refractivity contribution in [2.45, 2.75) is 25.4 Å². The number of rotatable bonds is 8. The molecule has 0 aliphatic carbocycles. The fourth-order valence-corrected chi connectivity index (χ4v) is 2.62. The first-order valence-corrected chi connectivity index (χ1v) is 7.62. The van der Waals surface area contributed by atoms with E-state index in [9.17, 15) is 5.11 Å². The second-order valence-corrected chi connectivity index (χ2v) is 5.21. The molecule has 1 aromatic heterocycles. The van der Waals surface area contributed by atoms with E-state index in [0.29, 0.717) is 0 Å². The summed E-state index contributed by atoms with van der Waals surface area (Å²) in [7, 11) is 0. The van der Waals surface area contributed by atoms with Crippen LogP contribution < -0.4 is 5.32 Å². The van der Waals surface area contributed by atoms with Gasteiger partial charge in [0, 0.05) is 18.1 Å². The summed E-state index contributed by atoms with van der Waals surface area (Å²) >= 11 is 0. The molecule has 0 amide bonds. The number of nitrogens with zero attached hydrogens (tertiary/aromatic N) is 1. The molecule has 116 valence electrons. The third kappa shape index (κ3) is 3.97. The predicted octanol–water partition coefficient (Wildman–Crippen LogP) is 3.92. The standard InChI is InChI=1S/C19H24N2O/c1-3-9-17(19-12-8-14-21(19)13-4-2)20-18(15-22)16-10-6-5-7-11-16/h3-8,10-14,17-18,20,22H,1,9,15H2,2H3/b13-4-/t17-,18+/m0/s1. The number of aliphatic hydroxyl groups excluding tert-OH is 1. The van der Waals surface area contributed by atoms with E-state index in [1.165, 1.54) is 0 Å². The lowest BCUT2D eigenvalue weighted by molar-refractivity contribution is 0.232. The third-order valence-corrected chi connectivity index (χ3v) is 3.67. The molecule has 0 spiro atoms. The van der Waals surface area contributed by atoms with Gasteiger partial charge in [0.25, 0.3) is 0 Å². The van der Waals surface area contributed by atoms with Crippen LogP contribution in [-0.2, 0) is 0 Å². The molecule has 3 heteroatoms.